The normalized spacial score (nSPS) is 14.6. The predicted octanol–water partition coefficient (Wildman–Crippen LogP) is 4.49. The molecule has 2 heterocycles. The highest BCUT2D eigenvalue weighted by Gasteiger charge is 2.20. The van der Waals surface area contributed by atoms with Gasteiger partial charge in [0.1, 0.15) is 5.82 Å². The Morgan fingerprint density at radius 2 is 2.15 bits per heavy atom. The average Bonchev–Trinajstić information content (AvgIpc) is 2.62. The molecule has 1 aliphatic heterocycles. The minimum absolute atomic E-state index is 0.661. The highest BCUT2D eigenvalue weighted by molar-refractivity contribution is 6.34. The Morgan fingerprint density at radius 3 is 2.95 bits per heavy atom. The van der Waals surface area contributed by atoms with Gasteiger partial charge in [-0.15, -0.1) is 0 Å². The second-order valence-electron chi connectivity index (χ2n) is 5.02. The molecule has 1 aliphatic rings. The van der Waals surface area contributed by atoms with Gasteiger partial charge in [0.15, 0.2) is 0 Å². The fourth-order valence-corrected chi connectivity index (χ4v) is 3.04. The zero-order valence-corrected chi connectivity index (χ0v) is 12.9. The molecule has 3 nitrogen and oxygen atoms in total. The molecule has 3 rings (SSSR count). The maximum atomic E-state index is 6.32. The molecule has 0 spiro atoms. The van der Waals surface area contributed by atoms with Crippen molar-refractivity contribution >= 4 is 29.0 Å². The van der Waals surface area contributed by atoms with Crippen molar-refractivity contribution in [2.75, 3.05) is 11.9 Å². The van der Waals surface area contributed by atoms with Gasteiger partial charge in [-0.1, -0.05) is 30.1 Å². The SMILES string of the molecule is CCc1nn(-c2cc(Cl)ccc2Cl)c2c1CCCCN2. The van der Waals surface area contributed by atoms with E-state index in [0.29, 0.717) is 10.0 Å². The Labute approximate surface area is 128 Å². The molecule has 0 saturated heterocycles. The number of nitrogens with one attached hydrogen (secondary N) is 1. The minimum atomic E-state index is 0.661. The summed E-state index contributed by atoms with van der Waals surface area (Å²) < 4.78 is 1.91. The van der Waals surface area contributed by atoms with Gasteiger partial charge in [0.2, 0.25) is 0 Å². The van der Waals surface area contributed by atoms with E-state index in [1.54, 1.807) is 6.07 Å². The molecule has 0 saturated carbocycles. The van der Waals surface area contributed by atoms with E-state index >= 15 is 0 Å². The lowest BCUT2D eigenvalue weighted by molar-refractivity contribution is 0.765. The molecule has 1 aromatic carbocycles. The lowest BCUT2D eigenvalue weighted by Crippen LogP contribution is -2.07. The van der Waals surface area contributed by atoms with Crippen LogP contribution in [-0.2, 0) is 12.8 Å². The van der Waals surface area contributed by atoms with E-state index in [-0.39, 0.29) is 0 Å². The van der Waals surface area contributed by atoms with Crippen molar-refractivity contribution in [2.45, 2.75) is 32.6 Å². The number of rotatable bonds is 2. The number of benzene rings is 1. The maximum absolute atomic E-state index is 6.32. The fraction of sp³-hybridized carbons (Fsp3) is 0.400. The highest BCUT2D eigenvalue weighted by atomic mass is 35.5. The number of anilines is 1. The van der Waals surface area contributed by atoms with Crippen LogP contribution in [-0.4, -0.2) is 16.3 Å². The molecule has 0 radical (unpaired) electrons. The van der Waals surface area contributed by atoms with Gasteiger partial charge in [0.25, 0.3) is 0 Å². The summed E-state index contributed by atoms with van der Waals surface area (Å²) in [6.45, 7) is 3.11. The largest absolute Gasteiger partial charge is 0.370 e. The van der Waals surface area contributed by atoms with Crippen LogP contribution in [0.15, 0.2) is 18.2 Å². The van der Waals surface area contributed by atoms with Gasteiger partial charge in [-0.05, 0) is 43.9 Å². The molecule has 5 heteroatoms. The van der Waals surface area contributed by atoms with Crippen LogP contribution >= 0.6 is 23.2 Å². The standard InChI is InChI=1S/C15H17Cl2N3/c1-2-13-11-5-3-4-8-18-15(11)20(19-13)14-9-10(16)6-7-12(14)17/h6-7,9,18H,2-5,8H2,1H3. The second-order valence-corrected chi connectivity index (χ2v) is 5.86. The molecule has 0 amide bonds. The Bertz CT molecular complexity index is 634. The van der Waals surface area contributed by atoms with Gasteiger partial charge >= 0.3 is 0 Å². The van der Waals surface area contributed by atoms with E-state index in [2.05, 4.69) is 12.2 Å². The van der Waals surface area contributed by atoms with E-state index in [0.717, 1.165) is 36.6 Å². The molecule has 1 N–H and O–H groups in total. The van der Waals surface area contributed by atoms with Crippen molar-refractivity contribution in [3.05, 3.63) is 39.5 Å². The average molecular weight is 310 g/mol. The van der Waals surface area contributed by atoms with Crippen LogP contribution in [0.5, 0.6) is 0 Å². The summed E-state index contributed by atoms with van der Waals surface area (Å²) >= 11 is 12.4. The fourth-order valence-electron chi connectivity index (χ4n) is 2.68. The number of fused-ring (bicyclic) bond motifs is 1. The lowest BCUT2D eigenvalue weighted by Gasteiger charge is -2.11. The van der Waals surface area contributed by atoms with E-state index in [1.807, 2.05) is 16.8 Å². The Morgan fingerprint density at radius 1 is 1.30 bits per heavy atom. The lowest BCUT2D eigenvalue weighted by atomic mass is 10.1. The molecular formula is C15H17Cl2N3. The van der Waals surface area contributed by atoms with E-state index < -0.39 is 0 Å². The summed E-state index contributed by atoms with van der Waals surface area (Å²) in [4.78, 5) is 0. The van der Waals surface area contributed by atoms with Crippen molar-refractivity contribution in [1.82, 2.24) is 9.78 Å². The van der Waals surface area contributed by atoms with Gasteiger partial charge in [0, 0.05) is 17.1 Å². The summed E-state index contributed by atoms with van der Waals surface area (Å²) in [5.74, 6) is 1.07. The minimum Gasteiger partial charge on any atom is -0.370 e. The van der Waals surface area contributed by atoms with Crippen molar-refractivity contribution in [3.63, 3.8) is 0 Å². The summed E-state index contributed by atoms with van der Waals surface area (Å²) in [5, 5.41) is 9.56. The Kier molecular flexibility index (Phi) is 3.90. The first-order chi connectivity index (χ1) is 9.70. The van der Waals surface area contributed by atoms with E-state index in [9.17, 15) is 0 Å². The number of hydrogen-bond donors (Lipinski definition) is 1. The smallest absolute Gasteiger partial charge is 0.133 e. The number of aryl methyl sites for hydroxylation is 1. The van der Waals surface area contributed by atoms with Crippen LogP contribution in [0.25, 0.3) is 5.69 Å². The number of halogens is 2. The van der Waals surface area contributed by atoms with Gasteiger partial charge in [-0.25, -0.2) is 4.68 Å². The second kappa shape index (κ2) is 5.66. The number of hydrogen-bond acceptors (Lipinski definition) is 2. The van der Waals surface area contributed by atoms with Crippen LogP contribution < -0.4 is 5.32 Å². The monoisotopic (exact) mass is 309 g/mol. The molecule has 20 heavy (non-hydrogen) atoms. The van der Waals surface area contributed by atoms with Crippen molar-refractivity contribution in [3.8, 4) is 5.69 Å². The van der Waals surface area contributed by atoms with Crippen LogP contribution in [0.4, 0.5) is 5.82 Å². The molecular weight excluding hydrogens is 293 g/mol. The highest BCUT2D eigenvalue weighted by Crippen LogP contribution is 2.32. The molecule has 2 aromatic rings. The third-order valence-electron chi connectivity index (χ3n) is 3.68. The molecule has 0 fully saturated rings. The van der Waals surface area contributed by atoms with Crippen LogP contribution in [0, 0.1) is 0 Å². The van der Waals surface area contributed by atoms with E-state index in [4.69, 9.17) is 28.3 Å². The first-order valence-corrected chi connectivity index (χ1v) is 7.76. The van der Waals surface area contributed by atoms with Crippen LogP contribution in [0.1, 0.15) is 31.0 Å². The van der Waals surface area contributed by atoms with Gasteiger partial charge in [-0.2, -0.15) is 5.10 Å². The summed E-state index contributed by atoms with van der Waals surface area (Å²) in [6, 6.07) is 5.47. The van der Waals surface area contributed by atoms with Gasteiger partial charge < -0.3 is 5.32 Å². The third-order valence-corrected chi connectivity index (χ3v) is 4.24. The van der Waals surface area contributed by atoms with Crippen LogP contribution in [0.3, 0.4) is 0 Å². The van der Waals surface area contributed by atoms with Crippen LogP contribution in [0.2, 0.25) is 10.0 Å². The quantitative estimate of drug-likeness (QED) is 0.885. The summed E-state index contributed by atoms with van der Waals surface area (Å²) in [5.41, 5.74) is 3.30. The van der Waals surface area contributed by atoms with Crippen molar-refractivity contribution < 1.29 is 0 Å². The third kappa shape index (κ3) is 2.40. The molecule has 0 bridgehead atoms. The molecule has 0 aliphatic carbocycles. The topological polar surface area (TPSA) is 29.9 Å². The maximum Gasteiger partial charge on any atom is 0.133 e. The first kappa shape index (κ1) is 13.8. The zero-order chi connectivity index (χ0) is 14.1. The number of nitrogens with zero attached hydrogens (tertiary/aromatic N) is 2. The van der Waals surface area contributed by atoms with Gasteiger partial charge in [0.05, 0.1) is 16.4 Å². The van der Waals surface area contributed by atoms with Gasteiger partial charge in [-0.3, -0.25) is 0 Å². The van der Waals surface area contributed by atoms with E-state index in [1.165, 1.54) is 18.4 Å². The summed E-state index contributed by atoms with van der Waals surface area (Å²) in [6.07, 6.45) is 4.38. The van der Waals surface area contributed by atoms with Crippen molar-refractivity contribution in [2.24, 2.45) is 0 Å². The zero-order valence-electron chi connectivity index (χ0n) is 11.4. The molecule has 0 unspecified atom stereocenters. The molecule has 106 valence electrons. The predicted molar refractivity (Wildman–Crippen MR) is 84.4 cm³/mol. The Hall–Kier alpha value is -1.19. The Balaban J connectivity index is 2.18. The molecule has 1 aromatic heterocycles. The first-order valence-electron chi connectivity index (χ1n) is 7.00. The molecule has 0 atom stereocenters. The van der Waals surface area contributed by atoms with Crippen molar-refractivity contribution in [1.29, 1.82) is 0 Å². The summed E-state index contributed by atoms with van der Waals surface area (Å²) in [7, 11) is 0. The number of aromatic nitrogens is 2.